The number of hydrogen-bond acceptors (Lipinski definition) is 4. The smallest absolute Gasteiger partial charge is 0.305 e. The second kappa shape index (κ2) is 22.1. The van der Waals surface area contributed by atoms with E-state index in [1.807, 2.05) is 0 Å². The van der Waals surface area contributed by atoms with Crippen molar-refractivity contribution in [2.24, 2.45) is 0 Å². The van der Waals surface area contributed by atoms with Gasteiger partial charge in [0.05, 0.1) is 13.2 Å². The molecular formula is C36H54O4. The molecule has 2 aromatic carbocycles. The molecule has 0 aliphatic carbocycles. The lowest BCUT2D eigenvalue weighted by atomic mass is 9.76. The van der Waals surface area contributed by atoms with E-state index in [1.165, 1.54) is 11.1 Å². The molecule has 0 aliphatic heterocycles. The van der Waals surface area contributed by atoms with Crippen LogP contribution >= 0.6 is 0 Å². The van der Waals surface area contributed by atoms with Gasteiger partial charge < -0.3 is 9.47 Å². The maximum absolute atomic E-state index is 11.9. The van der Waals surface area contributed by atoms with Gasteiger partial charge in [-0.1, -0.05) is 126 Å². The van der Waals surface area contributed by atoms with Gasteiger partial charge in [0, 0.05) is 12.8 Å². The predicted molar refractivity (Wildman–Crippen MR) is 166 cm³/mol. The fourth-order valence-corrected chi connectivity index (χ4v) is 5.38. The third-order valence-electron chi connectivity index (χ3n) is 7.76. The van der Waals surface area contributed by atoms with Crippen LogP contribution in [0.2, 0.25) is 0 Å². The third kappa shape index (κ3) is 14.7. The first-order valence-electron chi connectivity index (χ1n) is 16.1. The molecule has 0 spiro atoms. The van der Waals surface area contributed by atoms with E-state index in [2.05, 4.69) is 74.5 Å². The highest BCUT2D eigenvalue weighted by atomic mass is 16.5. The van der Waals surface area contributed by atoms with Crippen LogP contribution in [0, 0.1) is 0 Å². The molecule has 2 rings (SSSR count). The van der Waals surface area contributed by atoms with Crippen LogP contribution in [-0.2, 0) is 19.1 Å². The van der Waals surface area contributed by atoms with E-state index >= 15 is 0 Å². The monoisotopic (exact) mass is 550 g/mol. The molecule has 0 amide bonds. The maximum Gasteiger partial charge on any atom is 0.305 e. The Hall–Kier alpha value is -2.62. The van der Waals surface area contributed by atoms with Crippen molar-refractivity contribution in [2.45, 2.75) is 128 Å². The molecule has 0 heterocycles. The number of esters is 2. The third-order valence-corrected chi connectivity index (χ3v) is 7.76. The average Bonchev–Trinajstić information content (AvgIpc) is 2.98. The van der Waals surface area contributed by atoms with Crippen molar-refractivity contribution in [2.75, 3.05) is 13.2 Å². The first-order valence-corrected chi connectivity index (χ1v) is 16.1. The van der Waals surface area contributed by atoms with Crippen LogP contribution in [0.4, 0.5) is 0 Å². The molecule has 0 radical (unpaired) electrons. The van der Waals surface area contributed by atoms with Crippen LogP contribution in [-0.4, -0.2) is 25.2 Å². The Kier molecular flexibility index (Phi) is 18.6. The average molecular weight is 551 g/mol. The predicted octanol–water partition coefficient (Wildman–Crippen LogP) is 9.92. The zero-order chi connectivity index (χ0) is 28.7. The van der Waals surface area contributed by atoms with Crippen molar-refractivity contribution >= 4 is 11.9 Å². The molecule has 0 N–H and O–H groups in total. The molecule has 4 heteroatoms. The molecule has 4 nitrogen and oxygen atoms in total. The normalized spacial score (nSPS) is 12.6. The van der Waals surface area contributed by atoms with Crippen molar-refractivity contribution < 1.29 is 19.1 Å². The lowest BCUT2D eigenvalue weighted by molar-refractivity contribution is -0.144. The highest BCUT2D eigenvalue weighted by Crippen LogP contribution is 2.40. The molecule has 40 heavy (non-hydrogen) atoms. The summed E-state index contributed by atoms with van der Waals surface area (Å²) in [6, 6.07) is 22.0. The van der Waals surface area contributed by atoms with E-state index in [0.29, 0.717) is 37.9 Å². The van der Waals surface area contributed by atoms with E-state index < -0.39 is 0 Å². The lowest BCUT2D eigenvalue weighted by Gasteiger charge is -2.29. The summed E-state index contributed by atoms with van der Waals surface area (Å²) in [6.45, 7) is 5.32. The molecule has 222 valence electrons. The summed E-state index contributed by atoms with van der Waals surface area (Å²) in [5.74, 6) is 0.841. The topological polar surface area (TPSA) is 52.6 Å². The van der Waals surface area contributed by atoms with Crippen molar-refractivity contribution in [3.05, 3.63) is 71.8 Å². The Bertz CT molecular complexity index is 820. The van der Waals surface area contributed by atoms with E-state index in [0.717, 1.165) is 89.9 Å². The summed E-state index contributed by atoms with van der Waals surface area (Å²) in [5, 5.41) is 0. The van der Waals surface area contributed by atoms with Crippen LogP contribution in [0.3, 0.4) is 0 Å². The van der Waals surface area contributed by atoms with Gasteiger partial charge >= 0.3 is 11.9 Å². The van der Waals surface area contributed by atoms with E-state index in [9.17, 15) is 9.59 Å². The summed E-state index contributed by atoms with van der Waals surface area (Å²) in [4.78, 5) is 23.8. The Labute approximate surface area is 244 Å². The fraction of sp³-hybridized carbons (Fsp3) is 0.611. The minimum atomic E-state index is -0.0480. The lowest BCUT2D eigenvalue weighted by Crippen LogP contribution is -2.12. The summed E-state index contributed by atoms with van der Waals surface area (Å²) in [5.41, 5.74) is 2.84. The second-order valence-corrected chi connectivity index (χ2v) is 11.1. The van der Waals surface area contributed by atoms with Crippen molar-refractivity contribution in [3.63, 3.8) is 0 Å². The van der Waals surface area contributed by atoms with E-state index in [4.69, 9.17) is 9.47 Å². The Morgan fingerprint density at radius 2 is 0.900 bits per heavy atom. The fourth-order valence-electron chi connectivity index (χ4n) is 5.38. The molecule has 0 saturated carbocycles. The standard InChI is InChI=1S/C36H54O4/c1-3-5-29-39-35(37)27-19-9-7-17-25-33(31-21-13-11-14-22-31)34(32-23-15-12-16-24-32)26-18-8-10-20-28-36(38)40-30-6-4-2/h11-16,21-24,33-34H,3-10,17-20,25-30H2,1-2H3. The second-order valence-electron chi connectivity index (χ2n) is 11.1. The summed E-state index contributed by atoms with van der Waals surface area (Å²) < 4.78 is 10.6. The first-order chi connectivity index (χ1) is 19.7. The zero-order valence-corrected chi connectivity index (χ0v) is 25.3. The van der Waals surface area contributed by atoms with Gasteiger partial charge in [0.15, 0.2) is 0 Å². The molecular weight excluding hydrogens is 496 g/mol. The number of carbonyl (C=O) groups excluding carboxylic acids is 2. The van der Waals surface area contributed by atoms with E-state index in [-0.39, 0.29) is 11.9 Å². The molecule has 2 atom stereocenters. The highest BCUT2D eigenvalue weighted by Gasteiger charge is 2.24. The van der Waals surface area contributed by atoms with Gasteiger partial charge in [0.2, 0.25) is 0 Å². The minimum Gasteiger partial charge on any atom is -0.466 e. The van der Waals surface area contributed by atoms with Gasteiger partial charge in [0.25, 0.3) is 0 Å². The van der Waals surface area contributed by atoms with Gasteiger partial charge in [-0.2, -0.15) is 0 Å². The van der Waals surface area contributed by atoms with Crippen LogP contribution in [0.5, 0.6) is 0 Å². The Balaban J connectivity index is 1.88. The minimum absolute atomic E-state index is 0.0480. The molecule has 0 fully saturated rings. The van der Waals surface area contributed by atoms with Crippen molar-refractivity contribution in [1.82, 2.24) is 0 Å². The van der Waals surface area contributed by atoms with Crippen LogP contribution in [0.1, 0.15) is 140 Å². The molecule has 0 saturated heterocycles. The van der Waals surface area contributed by atoms with Gasteiger partial charge in [-0.3, -0.25) is 9.59 Å². The van der Waals surface area contributed by atoms with Crippen LogP contribution in [0.15, 0.2) is 60.7 Å². The Morgan fingerprint density at radius 1 is 0.525 bits per heavy atom. The number of carbonyl (C=O) groups is 2. The maximum atomic E-state index is 11.9. The van der Waals surface area contributed by atoms with Gasteiger partial charge in [0.1, 0.15) is 0 Å². The summed E-state index contributed by atoms with van der Waals surface area (Å²) in [7, 11) is 0. The molecule has 0 aliphatic rings. The van der Waals surface area contributed by atoms with Crippen molar-refractivity contribution in [1.29, 1.82) is 0 Å². The summed E-state index contributed by atoms with van der Waals surface area (Å²) in [6.07, 6.45) is 15.9. The molecule has 0 aromatic heterocycles. The quantitative estimate of drug-likeness (QED) is 0.102. The number of unbranched alkanes of at least 4 members (excludes halogenated alkanes) is 8. The van der Waals surface area contributed by atoms with Gasteiger partial charge in [-0.25, -0.2) is 0 Å². The van der Waals surface area contributed by atoms with Gasteiger partial charge in [-0.05, 0) is 61.5 Å². The van der Waals surface area contributed by atoms with Crippen molar-refractivity contribution in [3.8, 4) is 0 Å². The number of benzene rings is 2. The first kappa shape index (κ1) is 33.6. The zero-order valence-electron chi connectivity index (χ0n) is 25.3. The van der Waals surface area contributed by atoms with Gasteiger partial charge in [-0.15, -0.1) is 0 Å². The number of ether oxygens (including phenoxy) is 2. The SMILES string of the molecule is CCCCOC(=O)CCCCCCC(c1ccccc1)C(CCCCCCC(=O)OCCCC)c1ccccc1. The largest absolute Gasteiger partial charge is 0.466 e. The van der Waals surface area contributed by atoms with E-state index in [1.54, 1.807) is 0 Å². The highest BCUT2D eigenvalue weighted by molar-refractivity contribution is 5.69. The molecule has 2 unspecified atom stereocenters. The number of hydrogen-bond donors (Lipinski definition) is 0. The van der Waals surface area contributed by atoms with Crippen LogP contribution < -0.4 is 0 Å². The van der Waals surface area contributed by atoms with Crippen LogP contribution in [0.25, 0.3) is 0 Å². The number of rotatable bonds is 23. The Morgan fingerprint density at radius 3 is 1.27 bits per heavy atom. The summed E-state index contributed by atoms with van der Waals surface area (Å²) >= 11 is 0. The molecule has 2 aromatic rings. The molecule has 0 bridgehead atoms.